The Morgan fingerprint density at radius 2 is 1.33 bits per heavy atom. The highest BCUT2D eigenvalue weighted by molar-refractivity contribution is 7.98. The maximum Gasteiger partial charge on any atom is 0.326 e. The molecule has 3 amide bonds. The summed E-state index contributed by atoms with van der Waals surface area (Å²) in [5, 5.41) is 43.0. The molecule has 0 heterocycles. The van der Waals surface area contributed by atoms with Crippen LogP contribution in [0.4, 0.5) is 0 Å². The van der Waals surface area contributed by atoms with Gasteiger partial charge in [0.1, 0.15) is 24.2 Å². The van der Waals surface area contributed by atoms with Gasteiger partial charge in [0.05, 0.1) is 12.5 Å². The molecule has 0 saturated carbocycles. The Hall–Kier alpha value is -2.91. The number of aliphatic carboxylic acids is 3. The number of hydrogen-bond donors (Lipinski definition) is 8. The third kappa shape index (κ3) is 12.1. The van der Waals surface area contributed by atoms with Gasteiger partial charge in [-0.2, -0.15) is 11.8 Å². The summed E-state index contributed by atoms with van der Waals surface area (Å²) in [6.45, 7) is 1.22. The second-order valence-corrected chi connectivity index (χ2v) is 8.09. The van der Waals surface area contributed by atoms with Crippen molar-refractivity contribution in [2.24, 2.45) is 5.73 Å². The molecule has 0 aliphatic rings. The molecule has 0 rings (SSSR count). The minimum atomic E-state index is -1.63. The molecule has 5 atom stereocenters. The Labute approximate surface area is 193 Å². The second-order valence-electron chi connectivity index (χ2n) is 7.10. The van der Waals surface area contributed by atoms with Crippen LogP contribution >= 0.6 is 11.8 Å². The first kappa shape index (κ1) is 30.1. The molecule has 0 aromatic rings. The van der Waals surface area contributed by atoms with Crippen molar-refractivity contribution < 1.29 is 49.2 Å². The topological polar surface area (TPSA) is 245 Å². The fraction of sp³-hybridized carbons (Fsp3) is 0.667. The molecule has 188 valence electrons. The van der Waals surface area contributed by atoms with E-state index >= 15 is 0 Å². The molecule has 0 aromatic carbocycles. The van der Waals surface area contributed by atoms with Crippen molar-refractivity contribution in [1.29, 1.82) is 0 Å². The van der Waals surface area contributed by atoms with Gasteiger partial charge in [0.2, 0.25) is 17.7 Å². The van der Waals surface area contributed by atoms with E-state index in [-0.39, 0.29) is 6.42 Å². The molecule has 0 radical (unpaired) electrons. The zero-order chi connectivity index (χ0) is 25.7. The average molecular weight is 495 g/mol. The van der Waals surface area contributed by atoms with E-state index in [9.17, 15) is 39.0 Å². The normalized spacial score (nSPS) is 15.3. The van der Waals surface area contributed by atoms with Crippen molar-refractivity contribution in [3.8, 4) is 0 Å². The van der Waals surface area contributed by atoms with Crippen LogP contribution in [0.5, 0.6) is 0 Å². The largest absolute Gasteiger partial charge is 0.481 e. The second kappa shape index (κ2) is 15.0. The first-order chi connectivity index (χ1) is 15.3. The summed E-state index contributed by atoms with van der Waals surface area (Å²) < 4.78 is 0. The molecular weight excluding hydrogens is 464 g/mol. The third-order valence-corrected chi connectivity index (χ3v) is 4.98. The zero-order valence-electron chi connectivity index (χ0n) is 18.1. The molecule has 0 fully saturated rings. The summed E-state index contributed by atoms with van der Waals surface area (Å²) >= 11 is 1.32. The van der Waals surface area contributed by atoms with Crippen LogP contribution in [0, 0.1) is 0 Å². The fourth-order valence-corrected chi connectivity index (χ4v) is 2.92. The summed E-state index contributed by atoms with van der Waals surface area (Å²) in [5.41, 5.74) is 5.48. The van der Waals surface area contributed by atoms with Gasteiger partial charge in [0, 0.05) is 6.42 Å². The minimum Gasteiger partial charge on any atom is -0.481 e. The Morgan fingerprint density at radius 3 is 1.79 bits per heavy atom. The highest BCUT2D eigenvalue weighted by Crippen LogP contribution is 2.06. The first-order valence-corrected chi connectivity index (χ1v) is 11.2. The smallest absolute Gasteiger partial charge is 0.326 e. The predicted octanol–water partition coefficient (Wildman–Crippen LogP) is -2.67. The average Bonchev–Trinajstić information content (AvgIpc) is 2.71. The van der Waals surface area contributed by atoms with Crippen molar-refractivity contribution in [2.45, 2.75) is 62.9 Å². The highest BCUT2D eigenvalue weighted by atomic mass is 32.2. The molecule has 33 heavy (non-hydrogen) atoms. The first-order valence-electron chi connectivity index (χ1n) is 9.80. The van der Waals surface area contributed by atoms with Gasteiger partial charge in [-0.15, -0.1) is 0 Å². The van der Waals surface area contributed by atoms with Crippen molar-refractivity contribution in [2.75, 3.05) is 12.0 Å². The number of nitrogens with two attached hydrogens (primary N) is 1. The van der Waals surface area contributed by atoms with Crippen LogP contribution in [0.15, 0.2) is 0 Å². The van der Waals surface area contributed by atoms with Crippen molar-refractivity contribution in [3.05, 3.63) is 0 Å². The standard InChI is InChI=1S/C18H30N4O10S/c1-8(23)14(19)17(30)22-11(7-13(26)27)16(29)20-9(5-6-33-2)15(28)21-10(18(31)32)3-4-12(24)25/h8-11,14,23H,3-7,19H2,1-2H3,(H,20,29)(H,21,28)(H,22,30)(H,24,25)(H,26,27)(H,31,32). The Morgan fingerprint density at radius 1 is 0.818 bits per heavy atom. The molecule has 5 unspecified atom stereocenters. The number of thioether (sulfide) groups is 1. The monoisotopic (exact) mass is 494 g/mol. The van der Waals surface area contributed by atoms with Crippen LogP contribution in [0.2, 0.25) is 0 Å². The van der Waals surface area contributed by atoms with Crippen molar-refractivity contribution >= 4 is 47.4 Å². The summed E-state index contributed by atoms with van der Waals surface area (Å²) in [4.78, 5) is 70.5. The molecule has 0 bridgehead atoms. The highest BCUT2D eigenvalue weighted by Gasteiger charge is 2.32. The van der Waals surface area contributed by atoms with Gasteiger partial charge in [-0.1, -0.05) is 0 Å². The number of hydrogen-bond acceptors (Lipinski definition) is 9. The summed E-state index contributed by atoms with van der Waals surface area (Å²) in [7, 11) is 0. The number of nitrogens with one attached hydrogen (secondary N) is 3. The van der Waals surface area contributed by atoms with Gasteiger partial charge in [-0.25, -0.2) is 4.79 Å². The lowest BCUT2D eigenvalue weighted by Crippen LogP contribution is -2.58. The van der Waals surface area contributed by atoms with Gasteiger partial charge in [0.15, 0.2) is 0 Å². The Bertz CT molecular complexity index is 733. The Kier molecular flexibility index (Phi) is 13.7. The van der Waals surface area contributed by atoms with Gasteiger partial charge in [-0.05, 0) is 31.8 Å². The van der Waals surface area contributed by atoms with Crippen molar-refractivity contribution in [1.82, 2.24) is 16.0 Å². The van der Waals surface area contributed by atoms with Crippen LogP contribution in [0.25, 0.3) is 0 Å². The molecule has 0 saturated heterocycles. The molecular formula is C18H30N4O10S. The Balaban J connectivity index is 5.49. The van der Waals surface area contributed by atoms with Gasteiger partial charge in [-0.3, -0.25) is 24.0 Å². The number of carboxylic acid groups (broad SMARTS) is 3. The molecule has 0 aliphatic carbocycles. The molecule has 14 nitrogen and oxygen atoms in total. The number of amides is 3. The zero-order valence-corrected chi connectivity index (χ0v) is 19.0. The molecule has 0 aliphatic heterocycles. The van der Waals surface area contributed by atoms with E-state index in [0.29, 0.717) is 5.75 Å². The van der Waals surface area contributed by atoms with Crippen molar-refractivity contribution in [3.63, 3.8) is 0 Å². The number of carbonyl (C=O) groups is 6. The molecule has 9 N–H and O–H groups in total. The maximum atomic E-state index is 12.6. The van der Waals surface area contributed by atoms with E-state index in [2.05, 4.69) is 16.0 Å². The quantitative estimate of drug-likeness (QED) is 0.109. The molecule has 0 aromatic heterocycles. The minimum absolute atomic E-state index is 0.0327. The van der Waals surface area contributed by atoms with Gasteiger partial charge in [0.25, 0.3) is 0 Å². The van der Waals surface area contributed by atoms with Crippen LogP contribution in [-0.4, -0.2) is 98.3 Å². The van der Waals surface area contributed by atoms with E-state index in [1.165, 1.54) is 18.7 Å². The maximum absolute atomic E-state index is 12.6. The number of aliphatic hydroxyl groups is 1. The lowest BCUT2D eigenvalue weighted by Gasteiger charge is -2.25. The van der Waals surface area contributed by atoms with E-state index in [4.69, 9.17) is 15.9 Å². The lowest BCUT2D eigenvalue weighted by molar-refractivity contribution is -0.144. The summed E-state index contributed by atoms with van der Waals surface area (Å²) in [6, 6.07) is -5.89. The number of aliphatic hydroxyl groups excluding tert-OH is 1. The van der Waals surface area contributed by atoms with Crippen LogP contribution < -0.4 is 21.7 Å². The van der Waals surface area contributed by atoms with E-state index in [0.717, 1.165) is 0 Å². The van der Waals surface area contributed by atoms with E-state index in [1.54, 1.807) is 6.26 Å². The van der Waals surface area contributed by atoms with Crippen LogP contribution in [-0.2, 0) is 28.8 Å². The van der Waals surface area contributed by atoms with E-state index < -0.39 is 85.2 Å². The fourth-order valence-electron chi connectivity index (χ4n) is 2.45. The number of rotatable bonds is 16. The summed E-state index contributed by atoms with van der Waals surface area (Å²) in [6.07, 6.45) is -1.29. The SMILES string of the molecule is CSCCC(NC(=O)C(CC(=O)O)NC(=O)C(N)C(C)O)C(=O)NC(CCC(=O)O)C(=O)O. The predicted molar refractivity (Wildman–Crippen MR) is 115 cm³/mol. The molecule has 15 heteroatoms. The van der Waals surface area contributed by atoms with Crippen LogP contribution in [0.1, 0.15) is 32.6 Å². The lowest BCUT2D eigenvalue weighted by atomic mass is 10.1. The van der Waals surface area contributed by atoms with Crippen LogP contribution in [0.3, 0.4) is 0 Å². The summed E-state index contributed by atoms with van der Waals surface area (Å²) in [5.74, 6) is -6.76. The molecule has 0 spiro atoms. The number of carboxylic acids is 3. The van der Waals surface area contributed by atoms with Gasteiger partial charge >= 0.3 is 17.9 Å². The third-order valence-electron chi connectivity index (χ3n) is 4.34. The number of carbonyl (C=O) groups excluding carboxylic acids is 3. The van der Waals surface area contributed by atoms with Gasteiger partial charge < -0.3 is 42.1 Å². The van der Waals surface area contributed by atoms with E-state index in [1.807, 2.05) is 0 Å².